The molecule has 38 heavy (non-hydrogen) atoms. The van der Waals surface area contributed by atoms with E-state index in [4.69, 9.17) is 23.2 Å². The van der Waals surface area contributed by atoms with Gasteiger partial charge < -0.3 is 4.74 Å². The Kier molecular flexibility index (Phi) is 6.94. The average molecular weight is 553 g/mol. The number of ether oxygens (including phenoxy) is 1. The molecule has 0 radical (unpaired) electrons. The lowest BCUT2D eigenvalue weighted by atomic mass is 10.0. The molecule has 10 heteroatoms. The summed E-state index contributed by atoms with van der Waals surface area (Å²) in [6.07, 6.45) is 5.00. The normalized spacial score (nSPS) is 16.3. The molecule has 1 aliphatic rings. The summed E-state index contributed by atoms with van der Waals surface area (Å²) in [5.74, 6) is -0.388. The van der Waals surface area contributed by atoms with E-state index in [1.807, 2.05) is 26.0 Å². The highest BCUT2D eigenvalue weighted by molar-refractivity contribution is 6.31. The zero-order valence-corrected chi connectivity index (χ0v) is 22.3. The van der Waals surface area contributed by atoms with Crippen molar-refractivity contribution in [1.29, 1.82) is 0 Å². The summed E-state index contributed by atoms with van der Waals surface area (Å²) in [5.41, 5.74) is 3.76. The van der Waals surface area contributed by atoms with E-state index in [9.17, 15) is 9.59 Å². The van der Waals surface area contributed by atoms with Crippen LogP contribution in [-0.4, -0.2) is 27.7 Å². The molecule has 1 fully saturated rings. The molecule has 1 amide bonds. The second-order valence-corrected chi connectivity index (χ2v) is 10.0. The van der Waals surface area contributed by atoms with Crippen LogP contribution >= 0.6 is 23.2 Å². The molecule has 0 aliphatic heterocycles. The molecule has 1 aliphatic carbocycles. The molecule has 4 aromatic rings. The molecule has 0 bridgehead atoms. The third-order valence-corrected chi connectivity index (χ3v) is 7.30. The maximum Gasteiger partial charge on any atom is 0.411 e. The summed E-state index contributed by atoms with van der Waals surface area (Å²) in [4.78, 5) is 33.7. The predicted octanol–water partition coefficient (Wildman–Crippen LogP) is 6.81. The van der Waals surface area contributed by atoms with E-state index < -0.39 is 11.9 Å². The number of benzene rings is 1. The first-order valence-corrected chi connectivity index (χ1v) is 12.6. The van der Waals surface area contributed by atoms with Gasteiger partial charge in [0.25, 0.3) is 5.56 Å². The number of nitrogens with one attached hydrogen (secondary N) is 1. The van der Waals surface area contributed by atoms with E-state index in [1.54, 1.807) is 36.8 Å². The number of carbonyl (C=O) groups excluding carboxylic acids is 1. The molecule has 0 unspecified atom stereocenters. The second kappa shape index (κ2) is 10.2. The fourth-order valence-corrected chi connectivity index (χ4v) is 5.19. The van der Waals surface area contributed by atoms with Crippen LogP contribution in [0.15, 0.2) is 59.8 Å². The van der Waals surface area contributed by atoms with Gasteiger partial charge in [-0.2, -0.15) is 0 Å². The molecular weight excluding hydrogens is 530 g/mol. The minimum atomic E-state index is -0.792. The topological polar surface area (TPSA) is 86.1 Å². The Hall–Kier alpha value is -3.75. The Balaban J connectivity index is 1.53. The molecule has 3 heterocycles. The van der Waals surface area contributed by atoms with Gasteiger partial charge >= 0.3 is 6.09 Å². The molecule has 0 saturated heterocycles. The van der Waals surface area contributed by atoms with Crippen LogP contribution in [-0.2, 0) is 4.74 Å². The number of carbonyl (C=O) groups is 1. The van der Waals surface area contributed by atoms with E-state index >= 15 is 4.39 Å². The number of nitrogens with zero attached hydrogens (tertiary/aromatic N) is 3. The molecule has 2 atom stereocenters. The Morgan fingerprint density at radius 2 is 1.92 bits per heavy atom. The van der Waals surface area contributed by atoms with Crippen LogP contribution in [0.3, 0.4) is 0 Å². The zero-order valence-electron chi connectivity index (χ0n) is 20.8. The fraction of sp³-hybridized carbons (Fsp3) is 0.214. The van der Waals surface area contributed by atoms with E-state index in [2.05, 4.69) is 20.0 Å². The van der Waals surface area contributed by atoms with Gasteiger partial charge in [-0.15, -0.1) is 0 Å². The lowest BCUT2D eigenvalue weighted by Crippen LogP contribution is -2.23. The Labute approximate surface area is 228 Å². The zero-order chi connectivity index (χ0) is 27.1. The molecule has 3 aromatic heterocycles. The second-order valence-electron chi connectivity index (χ2n) is 9.22. The fourth-order valence-electron chi connectivity index (χ4n) is 4.73. The van der Waals surface area contributed by atoms with Crippen LogP contribution in [0.1, 0.15) is 40.6 Å². The molecule has 1 aromatic carbocycles. The number of hydrogen-bond donors (Lipinski definition) is 1. The highest BCUT2D eigenvalue weighted by atomic mass is 35.5. The molecule has 1 saturated carbocycles. The minimum absolute atomic E-state index is 0.0482. The summed E-state index contributed by atoms with van der Waals surface area (Å²) in [6, 6.07) is 10.0. The van der Waals surface area contributed by atoms with E-state index in [-0.39, 0.29) is 33.7 Å². The van der Waals surface area contributed by atoms with Gasteiger partial charge in [0.05, 0.1) is 29.2 Å². The molecule has 7 nitrogen and oxygen atoms in total. The highest BCUT2D eigenvalue weighted by Gasteiger charge is 2.42. The van der Waals surface area contributed by atoms with Crippen LogP contribution in [0.4, 0.5) is 14.9 Å². The first-order chi connectivity index (χ1) is 18.2. The molecule has 194 valence electrons. The maximum atomic E-state index is 15.2. The van der Waals surface area contributed by atoms with E-state index in [0.717, 1.165) is 17.5 Å². The van der Waals surface area contributed by atoms with Gasteiger partial charge in [0.1, 0.15) is 5.02 Å². The third kappa shape index (κ3) is 4.77. The number of rotatable bonds is 5. The van der Waals surface area contributed by atoms with Crippen LogP contribution < -0.4 is 10.9 Å². The Morgan fingerprint density at radius 3 is 2.66 bits per heavy atom. The third-order valence-electron chi connectivity index (χ3n) is 6.72. The molecular formula is C28H23Cl2FN4O3. The standard InChI is InChI=1S/C28H23Cl2FN4O3/c1-14-11-33-23(18-5-4-6-22(26(18)31)34-28(37)38-3)10-24(14)35-15(2)7-21(25(30)27(35)36)20-9-19(20)16-8-17(29)13-32-12-16/h4-8,10-13,19-20H,9H2,1-3H3,(H,34,37)/t19-,20+/m1/s1. The van der Waals surface area contributed by atoms with Gasteiger partial charge in [-0.25, -0.2) is 9.18 Å². The number of hydrogen-bond acceptors (Lipinski definition) is 5. The van der Waals surface area contributed by atoms with Crippen molar-refractivity contribution in [3.8, 4) is 16.9 Å². The quantitative estimate of drug-likeness (QED) is 0.294. The molecule has 0 spiro atoms. The number of anilines is 1. The Morgan fingerprint density at radius 1 is 1.13 bits per heavy atom. The number of methoxy groups -OCH3 is 1. The summed E-state index contributed by atoms with van der Waals surface area (Å²) in [5, 5.41) is 3.06. The number of aryl methyl sites for hydroxylation is 2. The van der Waals surface area contributed by atoms with Gasteiger partial charge in [-0.3, -0.25) is 24.6 Å². The van der Waals surface area contributed by atoms with Gasteiger partial charge in [-0.05, 0) is 79.1 Å². The summed E-state index contributed by atoms with van der Waals surface area (Å²) >= 11 is 12.8. The number of halogens is 3. The predicted molar refractivity (Wildman–Crippen MR) is 145 cm³/mol. The van der Waals surface area contributed by atoms with Gasteiger partial charge in [-0.1, -0.05) is 29.3 Å². The maximum absolute atomic E-state index is 15.2. The average Bonchev–Trinajstić information content (AvgIpc) is 3.69. The van der Waals surface area contributed by atoms with E-state index in [0.29, 0.717) is 27.7 Å². The van der Waals surface area contributed by atoms with Crippen molar-refractivity contribution in [3.05, 3.63) is 104 Å². The van der Waals surface area contributed by atoms with Crippen LogP contribution in [0, 0.1) is 19.7 Å². The van der Waals surface area contributed by atoms with Crippen molar-refractivity contribution in [3.63, 3.8) is 0 Å². The smallest absolute Gasteiger partial charge is 0.411 e. The lowest BCUT2D eigenvalue weighted by molar-refractivity contribution is 0.187. The van der Waals surface area contributed by atoms with Crippen LogP contribution in [0.5, 0.6) is 0 Å². The molecule has 5 rings (SSSR count). The van der Waals surface area contributed by atoms with Gasteiger partial charge in [0, 0.05) is 29.8 Å². The Bertz CT molecular complexity index is 1640. The summed E-state index contributed by atoms with van der Waals surface area (Å²) < 4.78 is 21.3. The number of aromatic nitrogens is 3. The van der Waals surface area contributed by atoms with Gasteiger partial charge in [0.15, 0.2) is 5.82 Å². The number of amides is 1. The monoisotopic (exact) mass is 552 g/mol. The van der Waals surface area contributed by atoms with Crippen molar-refractivity contribution in [2.75, 3.05) is 12.4 Å². The lowest BCUT2D eigenvalue weighted by Gasteiger charge is -2.17. The summed E-state index contributed by atoms with van der Waals surface area (Å²) in [7, 11) is 1.19. The van der Waals surface area contributed by atoms with Crippen molar-refractivity contribution in [1.82, 2.24) is 14.5 Å². The van der Waals surface area contributed by atoms with Gasteiger partial charge in [0.2, 0.25) is 0 Å². The largest absolute Gasteiger partial charge is 0.453 e. The van der Waals surface area contributed by atoms with Crippen LogP contribution in [0.25, 0.3) is 16.9 Å². The minimum Gasteiger partial charge on any atom is -0.453 e. The molecule has 1 N–H and O–H groups in total. The SMILES string of the molecule is COC(=O)Nc1cccc(-c2cc(-n3c(C)cc([C@H]4C[C@@H]4c4cncc(Cl)c4)c(Cl)c3=O)c(C)cn2)c1F. The van der Waals surface area contributed by atoms with Crippen molar-refractivity contribution >= 4 is 35.0 Å². The first-order valence-electron chi connectivity index (χ1n) is 11.8. The van der Waals surface area contributed by atoms with Crippen LogP contribution in [0.2, 0.25) is 10.0 Å². The van der Waals surface area contributed by atoms with Crippen molar-refractivity contribution in [2.45, 2.75) is 32.1 Å². The van der Waals surface area contributed by atoms with Crippen molar-refractivity contribution < 1.29 is 13.9 Å². The first kappa shape index (κ1) is 25.9. The number of pyridine rings is 3. The summed E-state index contributed by atoms with van der Waals surface area (Å²) in [6.45, 7) is 3.65. The highest BCUT2D eigenvalue weighted by Crippen LogP contribution is 2.56. The van der Waals surface area contributed by atoms with Crippen molar-refractivity contribution in [2.24, 2.45) is 0 Å². The van der Waals surface area contributed by atoms with E-state index in [1.165, 1.54) is 17.7 Å².